The van der Waals surface area contributed by atoms with Crippen LogP contribution in [0, 0.1) is 10.1 Å². The number of ether oxygens (including phenoxy) is 1. The molecule has 0 saturated carbocycles. The second kappa shape index (κ2) is 6.40. The van der Waals surface area contributed by atoms with Gasteiger partial charge in [-0.15, -0.1) is 0 Å². The summed E-state index contributed by atoms with van der Waals surface area (Å²) in [7, 11) is 0. The lowest BCUT2D eigenvalue weighted by Crippen LogP contribution is -2.34. The molecule has 0 spiro atoms. The average molecular weight is 362 g/mol. The lowest BCUT2D eigenvalue weighted by molar-refractivity contribution is -0.385. The molecule has 2 N–H and O–H groups in total. The van der Waals surface area contributed by atoms with Crippen LogP contribution in [0.2, 0.25) is 5.02 Å². The Morgan fingerprint density at radius 2 is 2.08 bits per heavy atom. The Bertz CT molecular complexity index is 899. The summed E-state index contributed by atoms with van der Waals surface area (Å²) < 4.78 is 5.42. The van der Waals surface area contributed by atoms with Crippen LogP contribution in [-0.4, -0.2) is 22.8 Å². The molecule has 0 saturated heterocycles. The molecule has 25 heavy (non-hydrogen) atoms. The number of carbonyl (C=O) groups excluding carboxylic acids is 2. The molecule has 8 nitrogen and oxygen atoms in total. The van der Waals surface area contributed by atoms with Crippen LogP contribution in [0.15, 0.2) is 36.4 Å². The molecule has 0 bridgehead atoms. The fraction of sp³-hybridized carbons (Fsp3) is 0.125. The number of nitrogens with zero attached hydrogens (tertiary/aromatic N) is 1. The summed E-state index contributed by atoms with van der Waals surface area (Å²) in [5, 5.41) is 16.5. The van der Waals surface area contributed by atoms with Crippen LogP contribution in [0.3, 0.4) is 0 Å². The number of halogens is 1. The summed E-state index contributed by atoms with van der Waals surface area (Å²) in [5.74, 6) is -0.494. The second-order valence-corrected chi connectivity index (χ2v) is 5.77. The third-order valence-corrected chi connectivity index (χ3v) is 3.80. The van der Waals surface area contributed by atoms with E-state index in [1.807, 2.05) is 0 Å². The molecule has 1 aliphatic rings. The summed E-state index contributed by atoms with van der Waals surface area (Å²) in [4.78, 5) is 34.4. The fourth-order valence-corrected chi connectivity index (χ4v) is 2.50. The van der Waals surface area contributed by atoms with Crippen molar-refractivity contribution in [3.05, 3.63) is 57.1 Å². The molecule has 2 aromatic rings. The van der Waals surface area contributed by atoms with Gasteiger partial charge in [-0.25, -0.2) is 0 Å². The minimum Gasteiger partial charge on any atom is -0.479 e. The molecule has 2 amide bonds. The minimum atomic E-state index is -0.677. The maximum atomic E-state index is 12.4. The third kappa shape index (κ3) is 3.38. The first-order valence-electron chi connectivity index (χ1n) is 7.22. The van der Waals surface area contributed by atoms with E-state index in [0.29, 0.717) is 17.1 Å². The lowest BCUT2D eigenvalue weighted by atomic mass is 10.1. The molecule has 0 aromatic heterocycles. The van der Waals surface area contributed by atoms with Gasteiger partial charge in [0.15, 0.2) is 6.10 Å². The molecule has 9 heteroatoms. The molecule has 0 fully saturated rings. The van der Waals surface area contributed by atoms with Gasteiger partial charge in [-0.05, 0) is 37.3 Å². The van der Waals surface area contributed by atoms with Crippen LogP contribution in [-0.2, 0) is 4.79 Å². The third-order valence-electron chi connectivity index (χ3n) is 3.57. The van der Waals surface area contributed by atoms with Gasteiger partial charge in [0, 0.05) is 16.8 Å². The van der Waals surface area contributed by atoms with Gasteiger partial charge < -0.3 is 15.4 Å². The molecule has 128 valence electrons. The van der Waals surface area contributed by atoms with E-state index in [1.54, 1.807) is 19.1 Å². The van der Waals surface area contributed by atoms with Crippen LogP contribution in [0.1, 0.15) is 17.3 Å². The lowest BCUT2D eigenvalue weighted by Gasteiger charge is -2.23. The smallest absolute Gasteiger partial charge is 0.283 e. The first-order chi connectivity index (χ1) is 11.8. The van der Waals surface area contributed by atoms with E-state index in [9.17, 15) is 19.7 Å². The number of rotatable bonds is 3. The Labute approximate surface area is 146 Å². The molecule has 2 aromatic carbocycles. The van der Waals surface area contributed by atoms with E-state index in [-0.39, 0.29) is 16.5 Å². The van der Waals surface area contributed by atoms with E-state index < -0.39 is 22.6 Å². The number of benzene rings is 2. The zero-order valence-electron chi connectivity index (χ0n) is 12.9. The topological polar surface area (TPSA) is 111 Å². The first-order valence-corrected chi connectivity index (χ1v) is 7.60. The summed E-state index contributed by atoms with van der Waals surface area (Å²) in [6.45, 7) is 1.62. The van der Waals surface area contributed by atoms with Crippen LogP contribution in [0.5, 0.6) is 5.75 Å². The normalized spacial score (nSPS) is 15.6. The van der Waals surface area contributed by atoms with Crippen molar-refractivity contribution in [2.75, 3.05) is 10.6 Å². The van der Waals surface area contributed by atoms with E-state index >= 15 is 0 Å². The molecular formula is C16H12ClN3O5. The number of nitro benzene ring substituents is 1. The van der Waals surface area contributed by atoms with E-state index in [1.165, 1.54) is 18.2 Å². The average Bonchev–Trinajstić information content (AvgIpc) is 2.56. The van der Waals surface area contributed by atoms with Gasteiger partial charge in [0.05, 0.1) is 10.6 Å². The number of fused-ring (bicyclic) bond motifs is 1. The molecule has 0 aliphatic carbocycles. The maximum absolute atomic E-state index is 12.4. The van der Waals surface area contributed by atoms with Crippen molar-refractivity contribution in [1.29, 1.82) is 0 Å². The first kappa shape index (κ1) is 16.7. The number of nitro groups is 1. The highest BCUT2D eigenvalue weighted by atomic mass is 35.5. The number of nitrogens with one attached hydrogen (secondary N) is 2. The van der Waals surface area contributed by atoms with Gasteiger partial charge in [0.1, 0.15) is 11.3 Å². The van der Waals surface area contributed by atoms with Crippen LogP contribution in [0.25, 0.3) is 0 Å². The van der Waals surface area contributed by atoms with Gasteiger partial charge in [-0.3, -0.25) is 19.7 Å². The van der Waals surface area contributed by atoms with Crippen LogP contribution >= 0.6 is 11.6 Å². The van der Waals surface area contributed by atoms with Gasteiger partial charge in [0.25, 0.3) is 17.5 Å². The van der Waals surface area contributed by atoms with E-state index in [4.69, 9.17) is 16.3 Å². The van der Waals surface area contributed by atoms with Gasteiger partial charge in [0.2, 0.25) is 0 Å². The summed E-state index contributed by atoms with van der Waals surface area (Å²) >= 11 is 5.74. The number of carbonyl (C=O) groups is 2. The monoisotopic (exact) mass is 361 g/mol. The summed E-state index contributed by atoms with van der Waals surface area (Å²) in [6, 6.07) is 8.46. The predicted octanol–water partition coefficient (Wildman–Crippen LogP) is 3.22. The number of hydrogen-bond donors (Lipinski definition) is 2. The highest BCUT2D eigenvalue weighted by Crippen LogP contribution is 2.32. The van der Waals surface area contributed by atoms with Crippen molar-refractivity contribution in [2.45, 2.75) is 13.0 Å². The van der Waals surface area contributed by atoms with Crippen molar-refractivity contribution in [1.82, 2.24) is 0 Å². The highest BCUT2D eigenvalue weighted by molar-refractivity contribution is 6.31. The molecule has 1 unspecified atom stereocenters. The van der Waals surface area contributed by atoms with E-state index in [2.05, 4.69) is 10.6 Å². The number of anilines is 2. The predicted molar refractivity (Wildman–Crippen MR) is 91.2 cm³/mol. The highest BCUT2D eigenvalue weighted by Gasteiger charge is 2.25. The van der Waals surface area contributed by atoms with Gasteiger partial charge in [-0.1, -0.05) is 11.6 Å². The zero-order chi connectivity index (χ0) is 18.1. The van der Waals surface area contributed by atoms with E-state index in [0.717, 1.165) is 6.07 Å². The number of hydrogen-bond acceptors (Lipinski definition) is 5. The minimum absolute atomic E-state index is 0.124. The Balaban J connectivity index is 1.86. The Kier molecular flexibility index (Phi) is 4.28. The standard InChI is InChI=1S/C16H12ClN3O5/c1-8-15(21)19-12-7-10(3-5-14(12)25-8)18-16(22)11-4-2-9(17)6-13(11)20(23)24/h2-8H,1H3,(H,18,22)(H,19,21). The van der Waals surface area contributed by atoms with Crippen LogP contribution < -0.4 is 15.4 Å². The van der Waals surface area contributed by atoms with Crippen molar-refractivity contribution in [2.24, 2.45) is 0 Å². The molecule has 1 atom stereocenters. The SMILES string of the molecule is CC1Oc2ccc(NC(=O)c3ccc(Cl)cc3[N+](=O)[O-])cc2NC1=O. The summed E-state index contributed by atoms with van der Waals surface area (Å²) in [6.07, 6.45) is -0.607. The van der Waals surface area contributed by atoms with Crippen molar-refractivity contribution in [3.63, 3.8) is 0 Å². The Morgan fingerprint density at radius 1 is 1.32 bits per heavy atom. The van der Waals surface area contributed by atoms with Crippen molar-refractivity contribution in [3.8, 4) is 5.75 Å². The Morgan fingerprint density at radius 3 is 2.80 bits per heavy atom. The molecule has 0 radical (unpaired) electrons. The van der Waals surface area contributed by atoms with Crippen molar-refractivity contribution >= 4 is 40.5 Å². The second-order valence-electron chi connectivity index (χ2n) is 5.33. The quantitative estimate of drug-likeness (QED) is 0.644. The number of amides is 2. The fourth-order valence-electron chi connectivity index (χ4n) is 2.33. The molecular weight excluding hydrogens is 350 g/mol. The zero-order valence-corrected chi connectivity index (χ0v) is 13.7. The summed E-state index contributed by atoms with van der Waals surface area (Å²) in [5.41, 5.74) is 0.243. The molecule has 1 heterocycles. The molecule has 1 aliphatic heterocycles. The molecule has 3 rings (SSSR count). The maximum Gasteiger partial charge on any atom is 0.283 e. The largest absolute Gasteiger partial charge is 0.479 e. The Hall–Kier alpha value is -3.13. The van der Waals surface area contributed by atoms with Gasteiger partial charge >= 0.3 is 0 Å². The van der Waals surface area contributed by atoms with Crippen LogP contribution in [0.4, 0.5) is 17.1 Å². The van der Waals surface area contributed by atoms with Crippen molar-refractivity contribution < 1.29 is 19.2 Å². The van der Waals surface area contributed by atoms with Gasteiger partial charge in [-0.2, -0.15) is 0 Å².